The van der Waals surface area contributed by atoms with E-state index < -0.39 is 23.8 Å². The summed E-state index contributed by atoms with van der Waals surface area (Å²) < 4.78 is 22.7. The van der Waals surface area contributed by atoms with Crippen LogP contribution in [0.4, 0.5) is 0 Å². The van der Waals surface area contributed by atoms with Gasteiger partial charge in [0.25, 0.3) is 0 Å². The Balaban J connectivity index is 3.41. The number of aliphatic hydroxyl groups is 1. The number of carbonyl (C=O) groups excluding carboxylic acids is 1. The summed E-state index contributed by atoms with van der Waals surface area (Å²) in [6.07, 6.45) is 4.52. The monoisotopic (exact) mass is 267 g/mol. The minimum Gasteiger partial charge on any atom is -0.478 e. The minimum absolute atomic E-state index is 0.00485. The van der Waals surface area contributed by atoms with Crippen molar-refractivity contribution in [3.8, 4) is 0 Å². The molecule has 0 fully saturated rings. The lowest BCUT2D eigenvalue weighted by Crippen LogP contribution is -2.48. The lowest BCUT2D eigenvalue weighted by atomic mass is 9.64. The van der Waals surface area contributed by atoms with Gasteiger partial charge in [0.15, 0.2) is 5.78 Å². The normalized spacial score (nSPS) is 30.5. The van der Waals surface area contributed by atoms with Crippen molar-refractivity contribution in [1.82, 2.24) is 0 Å². The summed E-state index contributed by atoms with van der Waals surface area (Å²) in [6.45, 7) is 2.10. The molecule has 4 heteroatoms. The van der Waals surface area contributed by atoms with Crippen LogP contribution in [0.1, 0.15) is 38.2 Å². The van der Waals surface area contributed by atoms with Crippen molar-refractivity contribution in [3.05, 3.63) is 35.5 Å². The fraction of sp³-hybridized carbons (Fsp3) is 0.467. The number of carboxylic acid groups (broad SMARTS) is 1. The number of carboxylic acids is 1. The molecule has 1 aliphatic carbocycles. The van der Waals surface area contributed by atoms with Crippen molar-refractivity contribution in [3.63, 3.8) is 0 Å². The summed E-state index contributed by atoms with van der Waals surface area (Å²) >= 11 is 0. The van der Waals surface area contributed by atoms with Crippen LogP contribution in [0.2, 0.25) is 0 Å². The summed E-state index contributed by atoms with van der Waals surface area (Å²) in [5.41, 5.74) is -2.89. The van der Waals surface area contributed by atoms with E-state index in [1.54, 1.807) is 13.8 Å². The zero-order valence-electron chi connectivity index (χ0n) is 14.2. The zero-order chi connectivity index (χ0) is 17.3. The lowest BCUT2D eigenvalue weighted by Gasteiger charge is -2.43. The van der Waals surface area contributed by atoms with Crippen LogP contribution >= 0.6 is 0 Å². The van der Waals surface area contributed by atoms with E-state index in [-0.39, 0.29) is 17.8 Å². The van der Waals surface area contributed by atoms with Crippen LogP contribution in [-0.2, 0) is 9.59 Å². The van der Waals surface area contributed by atoms with Crippen molar-refractivity contribution in [2.45, 2.75) is 39.6 Å². The Bertz CT molecular complexity index is 582. The van der Waals surface area contributed by atoms with Crippen molar-refractivity contribution in [2.75, 3.05) is 0 Å². The van der Waals surface area contributed by atoms with Crippen LogP contribution < -0.4 is 0 Å². The number of carbonyl (C=O) groups is 2. The van der Waals surface area contributed by atoms with Gasteiger partial charge in [-0.15, -0.1) is 0 Å². The highest BCUT2D eigenvalue weighted by atomic mass is 16.4. The van der Waals surface area contributed by atoms with E-state index in [4.69, 9.17) is 9.22 Å². The van der Waals surface area contributed by atoms with Crippen molar-refractivity contribution in [1.29, 1.82) is 0 Å². The zero-order valence-corrected chi connectivity index (χ0v) is 11.2. The van der Waals surface area contributed by atoms with Gasteiger partial charge in [0.05, 0.1) is 0 Å². The SMILES string of the molecule is [2H]C([2H])([2H])C1=CC(=O)CC(C)(C)[C@@]1(O)/C=C/C(C)=C\C(=O)O. The second-order valence-electron chi connectivity index (χ2n) is 5.41. The molecule has 19 heavy (non-hydrogen) atoms. The molecule has 0 heterocycles. The molecule has 0 bridgehead atoms. The third-order valence-electron chi connectivity index (χ3n) is 3.30. The van der Waals surface area contributed by atoms with Gasteiger partial charge in [0.1, 0.15) is 5.60 Å². The highest BCUT2D eigenvalue weighted by Gasteiger charge is 2.46. The van der Waals surface area contributed by atoms with Gasteiger partial charge in [-0.2, -0.15) is 0 Å². The largest absolute Gasteiger partial charge is 0.478 e. The summed E-state index contributed by atoms with van der Waals surface area (Å²) in [5, 5.41) is 19.6. The predicted octanol–water partition coefficient (Wildman–Crippen LogP) is 2.25. The molecular formula is C15H20O4. The molecule has 0 aromatic rings. The van der Waals surface area contributed by atoms with Crippen molar-refractivity contribution in [2.24, 2.45) is 5.41 Å². The van der Waals surface area contributed by atoms with E-state index in [2.05, 4.69) is 0 Å². The minimum atomic E-state index is -2.63. The van der Waals surface area contributed by atoms with Gasteiger partial charge in [-0.25, -0.2) is 4.79 Å². The van der Waals surface area contributed by atoms with Crippen LogP contribution in [0.3, 0.4) is 0 Å². The molecule has 0 unspecified atom stereocenters. The predicted molar refractivity (Wildman–Crippen MR) is 72.6 cm³/mol. The standard InChI is InChI=1S/C15H20O4/c1-10(7-13(17)18)5-6-15(19)11(2)8-12(16)9-14(15,3)4/h5-8,19H,9H2,1-4H3,(H,17,18)/b6-5+,10-7-/t15-/m1/s1/i2D3. The summed E-state index contributed by atoms with van der Waals surface area (Å²) in [6, 6.07) is 0. The molecule has 0 spiro atoms. The van der Waals surface area contributed by atoms with E-state index in [1.165, 1.54) is 19.1 Å². The van der Waals surface area contributed by atoms with Crippen LogP contribution in [0.5, 0.6) is 0 Å². The van der Waals surface area contributed by atoms with Gasteiger partial charge >= 0.3 is 5.97 Å². The summed E-state index contributed by atoms with van der Waals surface area (Å²) in [7, 11) is 0. The molecule has 0 saturated carbocycles. The maximum Gasteiger partial charge on any atom is 0.328 e. The molecular weight excluding hydrogens is 244 g/mol. The molecule has 0 aromatic heterocycles. The van der Waals surface area contributed by atoms with Gasteiger partial charge in [-0.1, -0.05) is 19.9 Å². The number of hydrogen-bond acceptors (Lipinski definition) is 3. The molecule has 0 radical (unpaired) electrons. The van der Waals surface area contributed by atoms with Crippen LogP contribution in [0, 0.1) is 5.41 Å². The highest BCUT2D eigenvalue weighted by molar-refractivity contribution is 5.92. The Morgan fingerprint density at radius 3 is 2.68 bits per heavy atom. The average Bonchev–Trinajstić information content (AvgIpc) is 2.28. The first kappa shape index (κ1) is 11.2. The number of hydrogen-bond donors (Lipinski definition) is 2. The second kappa shape index (κ2) is 5.13. The van der Waals surface area contributed by atoms with Crippen LogP contribution in [0.15, 0.2) is 35.5 Å². The Morgan fingerprint density at radius 2 is 2.16 bits per heavy atom. The Hall–Kier alpha value is -1.68. The Kier molecular flexibility index (Phi) is 3.02. The number of allylic oxidation sites excluding steroid dienone is 3. The average molecular weight is 267 g/mol. The van der Waals surface area contributed by atoms with E-state index >= 15 is 0 Å². The highest BCUT2D eigenvalue weighted by Crippen LogP contribution is 2.44. The topological polar surface area (TPSA) is 74.6 Å². The third-order valence-corrected chi connectivity index (χ3v) is 3.30. The summed E-state index contributed by atoms with van der Waals surface area (Å²) in [5.74, 6) is -1.49. The molecule has 0 saturated heterocycles. The molecule has 0 amide bonds. The molecule has 4 nitrogen and oxygen atoms in total. The van der Waals surface area contributed by atoms with Gasteiger partial charge < -0.3 is 10.2 Å². The maximum absolute atomic E-state index is 11.8. The van der Waals surface area contributed by atoms with Gasteiger partial charge in [0.2, 0.25) is 0 Å². The van der Waals surface area contributed by atoms with Crippen LogP contribution in [-0.4, -0.2) is 27.6 Å². The van der Waals surface area contributed by atoms with Gasteiger partial charge in [-0.05, 0) is 37.1 Å². The van der Waals surface area contributed by atoms with Crippen LogP contribution in [0.25, 0.3) is 0 Å². The fourth-order valence-electron chi connectivity index (χ4n) is 2.07. The quantitative estimate of drug-likeness (QED) is 0.607. The number of aliphatic carboxylic acids is 1. The van der Waals surface area contributed by atoms with Gasteiger partial charge in [-0.3, -0.25) is 4.79 Å². The lowest BCUT2D eigenvalue weighted by molar-refractivity contribution is -0.131. The number of ketones is 1. The summed E-state index contributed by atoms with van der Waals surface area (Å²) in [4.78, 5) is 22.4. The van der Waals surface area contributed by atoms with Crippen molar-refractivity contribution >= 4 is 11.8 Å². The number of rotatable bonds is 3. The van der Waals surface area contributed by atoms with Crippen molar-refractivity contribution < 1.29 is 23.9 Å². The first-order chi connectivity index (χ1) is 9.79. The fourth-order valence-corrected chi connectivity index (χ4v) is 2.07. The molecule has 1 rings (SSSR count). The van der Waals surface area contributed by atoms with E-state index in [0.717, 1.165) is 12.2 Å². The van der Waals surface area contributed by atoms with Gasteiger partial charge in [0, 0.05) is 22.0 Å². The first-order valence-corrected chi connectivity index (χ1v) is 5.88. The molecule has 0 aliphatic heterocycles. The molecule has 0 aromatic carbocycles. The maximum atomic E-state index is 11.8. The van der Waals surface area contributed by atoms with E-state index in [9.17, 15) is 14.7 Å². The first-order valence-electron chi connectivity index (χ1n) is 7.38. The molecule has 1 aliphatic rings. The third kappa shape index (κ3) is 3.20. The van der Waals surface area contributed by atoms with E-state index in [1.807, 2.05) is 0 Å². The molecule has 1 atom stereocenters. The van der Waals surface area contributed by atoms with E-state index in [0.29, 0.717) is 5.57 Å². The molecule has 104 valence electrons. The Morgan fingerprint density at radius 1 is 1.53 bits per heavy atom. The smallest absolute Gasteiger partial charge is 0.328 e. The Labute approximate surface area is 117 Å². The molecule has 2 N–H and O–H groups in total. The second-order valence-corrected chi connectivity index (χ2v) is 5.41.